The second kappa shape index (κ2) is 10.6. The van der Waals surface area contributed by atoms with Crippen molar-refractivity contribution in [2.45, 2.75) is 39.8 Å². The fourth-order valence-electron chi connectivity index (χ4n) is 4.18. The molecule has 8 heteroatoms. The van der Waals surface area contributed by atoms with Crippen LogP contribution in [0.1, 0.15) is 42.0 Å². The maximum absolute atomic E-state index is 13.1. The SMILES string of the molecule is COCc1ccc(C(C)C)c(CNC(=O)Nc2c(C)c(-c3cnn(C)c3)nn2-c2ccccc2)c1. The van der Waals surface area contributed by atoms with Gasteiger partial charge in [0, 0.05) is 38.0 Å². The van der Waals surface area contributed by atoms with Gasteiger partial charge in [-0.15, -0.1) is 0 Å². The Balaban J connectivity index is 1.60. The summed E-state index contributed by atoms with van der Waals surface area (Å²) in [6, 6.07) is 15.7. The van der Waals surface area contributed by atoms with Gasteiger partial charge in [-0.25, -0.2) is 9.48 Å². The third-order valence-electron chi connectivity index (χ3n) is 5.91. The van der Waals surface area contributed by atoms with E-state index in [2.05, 4.69) is 47.8 Å². The van der Waals surface area contributed by atoms with E-state index in [0.29, 0.717) is 24.9 Å². The summed E-state index contributed by atoms with van der Waals surface area (Å²) in [6.07, 6.45) is 3.68. The molecule has 0 atom stereocenters. The first-order chi connectivity index (χ1) is 16.9. The molecule has 4 rings (SSSR count). The molecule has 0 aliphatic carbocycles. The van der Waals surface area contributed by atoms with Crippen LogP contribution in [0.25, 0.3) is 16.9 Å². The average molecular weight is 473 g/mol. The number of nitrogens with zero attached hydrogens (tertiary/aromatic N) is 4. The molecule has 2 aromatic heterocycles. The van der Waals surface area contributed by atoms with Crippen LogP contribution in [0.3, 0.4) is 0 Å². The van der Waals surface area contributed by atoms with Crippen molar-refractivity contribution < 1.29 is 9.53 Å². The lowest BCUT2D eigenvalue weighted by molar-refractivity contribution is 0.185. The first-order valence-electron chi connectivity index (χ1n) is 11.7. The zero-order valence-electron chi connectivity index (χ0n) is 20.9. The maximum Gasteiger partial charge on any atom is 0.320 e. The number of carbonyl (C=O) groups excluding carboxylic acids is 1. The Labute approximate surface area is 205 Å². The third-order valence-corrected chi connectivity index (χ3v) is 5.91. The number of ether oxygens (including phenoxy) is 1. The van der Waals surface area contributed by atoms with Crippen molar-refractivity contribution in [1.82, 2.24) is 24.9 Å². The van der Waals surface area contributed by atoms with Crippen LogP contribution in [0.15, 0.2) is 60.9 Å². The van der Waals surface area contributed by atoms with E-state index in [1.807, 2.05) is 50.5 Å². The Bertz CT molecular complexity index is 1310. The van der Waals surface area contributed by atoms with Gasteiger partial charge in [-0.1, -0.05) is 50.2 Å². The van der Waals surface area contributed by atoms with Crippen LogP contribution in [0, 0.1) is 6.92 Å². The number of hydrogen-bond acceptors (Lipinski definition) is 4. The van der Waals surface area contributed by atoms with Crippen LogP contribution in [-0.4, -0.2) is 32.7 Å². The number of carbonyl (C=O) groups is 1. The molecule has 0 saturated carbocycles. The number of rotatable bonds is 8. The molecule has 2 amide bonds. The molecule has 8 nitrogen and oxygen atoms in total. The van der Waals surface area contributed by atoms with Gasteiger partial charge < -0.3 is 10.1 Å². The number of anilines is 1. The molecular weight excluding hydrogens is 440 g/mol. The number of aryl methyl sites for hydroxylation is 1. The molecule has 0 radical (unpaired) electrons. The van der Waals surface area contributed by atoms with Gasteiger partial charge in [0.2, 0.25) is 0 Å². The van der Waals surface area contributed by atoms with Crippen molar-refractivity contribution in [2.24, 2.45) is 7.05 Å². The first-order valence-corrected chi connectivity index (χ1v) is 11.7. The number of aromatic nitrogens is 4. The van der Waals surface area contributed by atoms with Crippen LogP contribution >= 0.6 is 0 Å². The molecule has 0 bridgehead atoms. The van der Waals surface area contributed by atoms with Crippen molar-refractivity contribution in [1.29, 1.82) is 0 Å². The summed E-state index contributed by atoms with van der Waals surface area (Å²) < 4.78 is 8.78. The number of nitrogens with one attached hydrogen (secondary N) is 2. The van der Waals surface area contributed by atoms with Gasteiger partial charge in [-0.3, -0.25) is 10.00 Å². The number of methoxy groups -OCH3 is 1. The largest absolute Gasteiger partial charge is 0.380 e. The second-order valence-corrected chi connectivity index (χ2v) is 8.90. The molecule has 2 aromatic carbocycles. The molecule has 2 heterocycles. The molecule has 35 heavy (non-hydrogen) atoms. The molecule has 0 saturated heterocycles. The quantitative estimate of drug-likeness (QED) is 0.370. The van der Waals surface area contributed by atoms with Crippen molar-refractivity contribution in [3.8, 4) is 16.9 Å². The van der Waals surface area contributed by atoms with E-state index in [1.54, 1.807) is 22.7 Å². The van der Waals surface area contributed by atoms with E-state index in [1.165, 1.54) is 5.56 Å². The minimum atomic E-state index is -0.297. The molecule has 2 N–H and O–H groups in total. The highest BCUT2D eigenvalue weighted by Crippen LogP contribution is 2.30. The predicted molar refractivity (Wildman–Crippen MR) is 138 cm³/mol. The minimum absolute atomic E-state index is 0.297. The van der Waals surface area contributed by atoms with E-state index in [9.17, 15) is 4.79 Å². The smallest absolute Gasteiger partial charge is 0.320 e. The molecule has 182 valence electrons. The molecule has 0 aliphatic rings. The Kier molecular flexibility index (Phi) is 7.31. The molecule has 4 aromatic rings. The fraction of sp³-hybridized carbons (Fsp3) is 0.296. The van der Waals surface area contributed by atoms with Gasteiger partial charge in [0.1, 0.15) is 11.5 Å². The molecule has 0 spiro atoms. The standard InChI is InChI=1S/C27H32N6O2/c1-18(2)24-12-11-20(17-35-5)13-21(24)14-28-27(34)30-26-19(3)25(22-15-29-32(4)16-22)31-33(26)23-9-7-6-8-10-23/h6-13,15-16,18H,14,17H2,1-5H3,(H2,28,30,34). The number of hydrogen-bond donors (Lipinski definition) is 2. The lowest BCUT2D eigenvalue weighted by atomic mass is 9.95. The highest BCUT2D eigenvalue weighted by Gasteiger charge is 2.20. The van der Waals surface area contributed by atoms with E-state index >= 15 is 0 Å². The van der Waals surface area contributed by atoms with Crippen molar-refractivity contribution in [3.05, 3.63) is 83.2 Å². The zero-order chi connectivity index (χ0) is 24.9. The number of amides is 2. The topological polar surface area (TPSA) is 86.0 Å². The third kappa shape index (κ3) is 5.44. The summed E-state index contributed by atoms with van der Waals surface area (Å²) in [5.74, 6) is 0.958. The van der Waals surface area contributed by atoms with Crippen LogP contribution < -0.4 is 10.6 Å². The lowest BCUT2D eigenvalue weighted by Crippen LogP contribution is -2.30. The Hall–Kier alpha value is -3.91. The van der Waals surface area contributed by atoms with E-state index in [0.717, 1.165) is 33.6 Å². The number of benzene rings is 2. The first kappa shape index (κ1) is 24.2. The van der Waals surface area contributed by atoms with Crippen LogP contribution in [-0.2, 0) is 24.9 Å². The summed E-state index contributed by atoms with van der Waals surface area (Å²) >= 11 is 0. The summed E-state index contributed by atoms with van der Waals surface area (Å²) in [5.41, 5.74) is 6.74. The van der Waals surface area contributed by atoms with Gasteiger partial charge in [-0.2, -0.15) is 10.2 Å². The van der Waals surface area contributed by atoms with Gasteiger partial charge in [0.25, 0.3) is 0 Å². The maximum atomic E-state index is 13.1. The molecular formula is C27H32N6O2. The number of para-hydroxylation sites is 1. The second-order valence-electron chi connectivity index (χ2n) is 8.90. The zero-order valence-corrected chi connectivity index (χ0v) is 20.9. The van der Waals surface area contributed by atoms with Gasteiger partial charge >= 0.3 is 6.03 Å². The van der Waals surface area contributed by atoms with Crippen molar-refractivity contribution in [3.63, 3.8) is 0 Å². The average Bonchev–Trinajstić information content (AvgIpc) is 3.41. The minimum Gasteiger partial charge on any atom is -0.380 e. The monoisotopic (exact) mass is 472 g/mol. The summed E-state index contributed by atoms with van der Waals surface area (Å²) in [4.78, 5) is 13.1. The Morgan fingerprint density at radius 2 is 1.91 bits per heavy atom. The highest BCUT2D eigenvalue weighted by molar-refractivity contribution is 5.90. The van der Waals surface area contributed by atoms with Gasteiger partial charge in [-0.05, 0) is 41.7 Å². The van der Waals surface area contributed by atoms with Crippen LogP contribution in [0.5, 0.6) is 0 Å². The van der Waals surface area contributed by atoms with Gasteiger partial charge in [0.15, 0.2) is 0 Å². The fourth-order valence-corrected chi connectivity index (χ4v) is 4.18. The van der Waals surface area contributed by atoms with Crippen molar-refractivity contribution in [2.75, 3.05) is 12.4 Å². The number of urea groups is 1. The molecule has 0 fully saturated rings. The normalized spacial score (nSPS) is 11.1. The van der Waals surface area contributed by atoms with Gasteiger partial charge in [0.05, 0.1) is 18.5 Å². The summed E-state index contributed by atoms with van der Waals surface area (Å²) in [7, 11) is 3.55. The lowest BCUT2D eigenvalue weighted by Gasteiger charge is -2.16. The molecule has 0 aliphatic heterocycles. The highest BCUT2D eigenvalue weighted by atomic mass is 16.5. The Morgan fingerprint density at radius 3 is 2.57 bits per heavy atom. The van der Waals surface area contributed by atoms with E-state index in [-0.39, 0.29) is 6.03 Å². The summed E-state index contributed by atoms with van der Waals surface area (Å²) in [6.45, 7) is 7.19. The predicted octanol–water partition coefficient (Wildman–Crippen LogP) is 5.17. The molecule has 0 unspecified atom stereocenters. The van der Waals surface area contributed by atoms with Crippen LogP contribution in [0.2, 0.25) is 0 Å². The summed E-state index contributed by atoms with van der Waals surface area (Å²) in [5, 5.41) is 15.1. The van der Waals surface area contributed by atoms with Crippen LogP contribution in [0.4, 0.5) is 10.6 Å². The van der Waals surface area contributed by atoms with E-state index < -0.39 is 0 Å². The van der Waals surface area contributed by atoms with E-state index in [4.69, 9.17) is 9.84 Å². The van der Waals surface area contributed by atoms with Crippen molar-refractivity contribution >= 4 is 11.8 Å². The Morgan fingerprint density at radius 1 is 1.14 bits per heavy atom.